The fraction of sp³-hybridized carbons (Fsp3) is 0.364. The summed E-state index contributed by atoms with van der Waals surface area (Å²) in [5.74, 6) is -0.869. The molecule has 6 nitrogen and oxygen atoms in total. The SMILES string of the molecule is CC(C)(C)OC(=O)Nc1ccc(OB(O)O)cc1F. The minimum absolute atomic E-state index is 0.0813. The van der Waals surface area contributed by atoms with Gasteiger partial charge in [-0.3, -0.25) is 5.32 Å². The van der Waals surface area contributed by atoms with Crippen molar-refractivity contribution in [1.29, 1.82) is 0 Å². The first-order valence-corrected chi connectivity index (χ1v) is 5.50. The van der Waals surface area contributed by atoms with E-state index in [9.17, 15) is 9.18 Å². The van der Waals surface area contributed by atoms with Crippen molar-refractivity contribution in [2.75, 3.05) is 5.32 Å². The Morgan fingerprint density at radius 3 is 2.47 bits per heavy atom. The summed E-state index contributed by atoms with van der Waals surface area (Å²) in [6.07, 6.45) is -0.790. The van der Waals surface area contributed by atoms with E-state index in [1.165, 1.54) is 12.1 Å². The van der Waals surface area contributed by atoms with Gasteiger partial charge in [-0.1, -0.05) is 0 Å². The molecule has 0 radical (unpaired) electrons. The number of hydrogen-bond acceptors (Lipinski definition) is 5. The highest BCUT2D eigenvalue weighted by atomic mass is 19.1. The highest BCUT2D eigenvalue weighted by Gasteiger charge is 2.18. The average Bonchev–Trinajstić information content (AvgIpc) is 2.18. The van der Waals surface area contributed by atoms with Crippen molar-refractivity contribution in [3.63, 3.8) is 0 Å². The lowest BCUT2D eigenvalue weighted by molar-refractivity contribution is 0.0635. The second kappa shape index (κ2) is 5.90. The van der Waals surface area contributed by atoms with Crippen LogP contribution in [0.4, 0.5) is 14.9 Å². The zero-order chi connectivity index (χ0) is 14.6. The fourth-order valence-electron chi connectivity index (χ4n) is 1.21. The number of carbonyl (C=O) groups excluding carboxylic acids is 1. The van der Waals surface area contributed by atoms with Gasteiger partial charge < -0.3 is 19.4 Å². The first-order chi connectivity index (χ1) is 8.67. The lowest BCUT2D eigenvalue weighted by atomic mass is 10.2. The maximum Gasteiger partial charge on any atom is 0.707 e. The molecule has 0 aliphatic rings. The number of benzene rings is 1. The molecule has 0 saturated heterocycles. The Morgan fingerprint density at radius 1 is 1.37 bits per heavy atom. The molecule has 1 aromatic rings. The summed E-state index contributed by atoms with van der Waals surface area (Å²) in [7, 11) is -2.04. The number of amides is 1. The van der Waals surface area contributed by atoms with Crippen molar-refractivity contribution in [2.24, 2.45) is 0 Å². The summed E-state index contributed by atoms with van der Waals surface area (Å²) in [6.45, 7) is 5.05. The smallest absolute Gasteiger partial charge is 0.512 e. The molecule has 0 bridgehead atoms. The van der Waals surface area contributed by atoms with Crippen LogP contribution >= 0.6 is 0 Å². The minimum atomic E-state index is -2.04. The molecule has 0 fully saturated rings. The number of rotatable bonds is 3. The van der Waals surface area contributed by atoms with Crippen molar-refractivity contribution in [2.45, 2.75) is 26.4 Å². The number of carbonyl (C=O) groups is 1. The Kier molecular flexibility index (Phi) is 4.74. The summed E-state index contributed by atoms with van der Waals surface area (Å²) >= 11 is 0. The normalized spacial score (nSPS) is 10.8. The fourth-order valence-corrected chi connectivity index (χ4v) is 1.21. The maximum atomic E-state index is 13.6. The number of anilines is 1. The van der Waals surface area contributed by atoms with E-state index in [0.717, 1.165) is 6.07 Å². The molecule has 19 heavy (non-hydrogen) atoms. The molecular formula is C11H15BFNO5. The zero-order valence-corrected chi connectivity index (χ0v) is 10.8. The van der Waals surface area contributed by atoms with Gasteiger partial charge in [0.25, 0.3) is 0 Å². The Balaban J connectivity index is 2.72. The molecule has 0 aliphatic carbocycles. The van der Waals surface area contributed by atoms with Crippen LogP contribution in [0.25, 0.3) is 0 Å². The van der Waals surface area contributed by atoms with Gasteiger partial charge in [0.15, 0.2) is 0 Å². The zero-order valence-electron chi connectivity index (χ0n) is 10.8. The van der Waals surface area contributed by atoms with Gasteiger partial charge in [-0.25, -0.2) is 9.18 Å². The number of halogens is 1. The lowest BCUT2D eigenvalue weighted by Crippen LogP contribution is -2.27. The van der Waals surface area contributed by atoms with Gasteiger partial charge in [-0.15, -0.1) is 0 Å². The van der Waals surface area contributed by atoms with E-state index in [0.29, 0.717) is 0 Å². The van der Waals surface area contributed by atoms with Gasteiger partial charge in [0.1, 0.15) is 17.2 Å². The maximum absolute atomic E-state index is 13.6. The van der Waals surface area contributed by atoms with E-state index in [4.69, 9.17) is 14.8 Å². The first-order valence-electron chi connectivity index (χ1n) is 5.50. The van der Waals surface area contributed by atoms with Gasteiger partial charge in [0.05, 0.1) is 5.69 Å². The number of ether oxygens (including phenoxy) is 1. The van der Waals surface area contributed by atoms with Crippen molar-refractivity contribution in [3.05, 3.63) is 24.0 Å². The van der Waals surface area contributed by atoms with E-state index in [2.05, 4.69) is 9.97 Å². The van der Waals surface area contributed by atoms with Crippen LogP contribution in [0.2, 0.25) is 0 Å². The van der Waals surface area contributed by atoms with Crippen molar-refractivity contribution < 1.29 is 28.6 Å². The number of nitrogens with one attached hydrogen (secondary N) is 1. The van der Waals surface area contributed by atoms with E-state index in [1.54, 1.807) is 20.8 Å². The molecule has 0 spiro atoms. The van der Waals surface area contributed by atoms with E-state index in [1.807, 2.05) is 0 Å². The Bertz CT molecular complexity index is 461. The second-order valence-corrected chi connectivity index (χ2v) is 4.71. The molecule has 104 valence electrons. The summed E-state index contributed by atoms with van der Waals surface area (Å²) in [6, 6.07) is 3.40. The van der Waals surface area contributed by atoms with Crippen molar-refractivity contribution >= 4 is 19.1 Å². The third-order valence-electron chi connectivity index (χ3n) is 1.82. The molecular weight excluding hydrogens is 256 g/mol. The first kappa shape index (κ1) is 15.3. The Hall–Kier alpha value is -1.80. The summed E-state index contributed by atoms with van der Waals surface area (Å²) in [4.78, 5) is 11.4. The van der Waals surface area contributed by atoms with Crippen LogP contribution in [-0.4, -0.2) is 29.1 Å². The summed E-state index contributed by atoms with van der Waals surface area (Å²) in [5, 5.41) is 19.4. The van der Waals surface area contributed by atoms with Crippen LogP contribution in [0.15, 0.2) is 18.2 Å². The third kappa shape index (κ3) is 5.58. The summed E-state index contributed by atoms with van der Waals surface area (Å²) < 4.78 is 23.0. The highest BCUT2D eigenvalue weighted by molar-refractivity contribution is 6.33. The standard InChI is InChI=1S/C11H15BFNO5/c1-11(2,3)18-10(15)14-9-5-4-7(6-8(9)13)19-12(16)17/h4-6,16-17H,1-3H3,(H,14,15). The van der Waals surface area contributed by atoms with Crippen LogP contribution in [0.5, 0.6) is 5.75 Å². The van der Waals surface area contributed by atoms with Gasteiger partial charge >= 0.3 is 13.4 Å². The second-order valence-electron chi connectivity index (χ2n) is 4.71. The molecule has 0 aromatic heterocycles. The van der Waals surface area contributed by atoms with Gasteiger partial charge in [0, 0.05) is 6.07 Å². The van der Waals surface area contributed by atoms with Crippen LogP contribution in [-0.2, 0) is 4.74 Å². The van der Waals surface area contributed by atoms with E-state index >= 15 is 0 Å². The quantitative estimate of drug-likeness (QED) is 0.725. The molecule has 0 heterocycles. The molecule has 8 heteroatoms. The van der Waals surface area contributed by atoms with E-state index in [-0.39, 0.29) is 11.4 Å². The monoisotopic (exact) mass is 271 g/mol. The van der Waals surface area contributed by atoms with Crippen LogP contribution < -0.4 is 9.97 Å². The van der Waals surface area contributed by atoms with Crippen LogP contribution in [0.3, 0.4) is 0 Å². The molecule has 0 atom stereocenters. The van der Waals surface area contributed by atoms with Crippen LogP contribution in [0.1, 0.15) is 20.8 Å². The van der Waals surface area contributed by atoms with Crippen molar-refractivity contribution in [1.82, 2.24) is 0 Å². The Morgan fingerprint density at radius 2 is 2.00 bits per heavy atom. The predicted octanol–water partition coefficient (Wildman–Crippen LogP) is 1.52. The minimum Gasteiger partial charge on any atom is -0.512 e. The topological polar surface area (TPSA) is 88.0 Å². The molecule has 0 aliphatic heterocycles. The third-order valence-corrected chi connectivity index (χ3v) is 1.82. The molecule has 0 unspecified atom stereocenters. The van der Waals surface area contributed by atoms with E-state index < -0.39 is 24.8 Å². The number of hydrogen-bond donors (Lipinski definition) is 3. The molecule has 3 N–H and O–H groups in total. The molecule has 0 saturated carbocycles. The largest absolute Gasteiger partial charge is 0.707 e. The Labute approximate surface area is 110 Å². The molecule has 1 rings (SSSR count). The predicted molar refractivity (Wildman–Crippen MR) is 67.1 cm³/mol. The lowest BCUT2D eigenvalue weighted by Gasteiger charge is -2.19. The van der Waals surface area contributed by atoms with Crippen LogP contribution in [0, 0.1) is 5.82 Å². The summed E-state index contributed by atoms with van der Waals surface area (Å²) in [5.41, 5.74) is -0.793. The van der Waals surface area contributed by atoms with Gasteiger partial charge in [-0.05, 0) is 32.9 Å². The molecule has 1 aromatic carbocycles. The van der Waals surface area contributed by atoms with Gasteiger partial charge in [0.2, 0.25) is 0 Å². The average molecular weight is 271 g/mol. The molecule has 1 amide bonds. The highest BCUT2D eigenvalue weighted by Crippen LogP contribution is 2.21. The van der Waals surface area contributed by atoms with Gasteiger partial charge in [-0.2, -0.15) is 0 Å². The van der Waals surface area contributed by atoms with Crippen molar-refractivity contribution in [3.8, 4) is 5.75 Å².